The zero-order valence-corrected chi connectivity index (χ0v) is 16.4. The molecule has 0 radical (unpaired) electrons. The molecule has 1 aliphatic rings. The fourth-order valence-corrected chi connectivity index (χ4v) is 4.54. The van der Waals surface area contributed by atoms with E-state index in [0.29, 0.717) is 28.1 Å². The lowest BCUT2D eigenvalue weighted by Crippen LogP contribution is -2.30. The van der Waals surface area contributed by atoms with Crippen molar-refractivity contribution in [2.24, 2.45) is 0 Å². The van der Waals surface area contributed by atoms with Gasteiger partial charge in [-0.1, -0.05) is 53.5 Å². The van der Waals surface area contributed by atoms with Gasteiger partial charge >= 0.3 is 0 Å². The van der Waals surface area contributed by atoms with E-state index in [2.05, 4.69) is 4.72 Å². The van der Waals surface area contributed by atoms with Crippen LogP contribution in [0.25, 0.3) is 11.1 Å². The summed E-state index contributed by atoms with van der Waals surface area (Å²) in [6, 6.07) is 18.4. The van der Waals surface area contributed by atoms with Crippen molar-refractivity contribution < 1.29 is 13.2 Å². The van der Waals surface area contributed by atoms with Crippen LogP contribution in [0.4, 0.5) is 0 Å². The van der Waals surface area contributed by atoms with Gasteiger partial charge in [0, 0.05) is 12.6 Å². The standard InChI is InChI=1S/C20H15Cl2NO3S/c21-19-9-8-16(10-20(19)22)26-15-6-4-13(5-7-15)17-3-1-2-14-11-23-27(24,25)12-18(14)17/h1-10,23H,11-12H2. The molecule has 4 nitrogen and oxygen atoms in total. The van der Waals surface area contributed by atoms with E-state index < -0.39 is 10.0 Å². The summed E-state index contributed by atoms with van der Waals surface area (Å²) < 4.78 is 32.3. The van der Waals surface area contributed by atoms with E-state index in [1.54, 1.807) is 18.2 Å². The molecular formula is C20H15Cl2NO3S. The Labute approximate surface area is 167 Å². The molecule has 0 saturated carbocycles. The number of rotatable bonds is 3. The molecule has 0 unspecified atom stereocenters. The minimum absolute atomic E-state index is 0.0139. The number of halogens is 2. The maximum atomic E-state index is 12.0. The quantitative estimate of drug-likeness (QED) is 0.619. The highest BCUT2D eigenvalue weighted by molar-refractivity contribution is 7.88. The highest BCUT2D eigenvalue weighted by atomic mass is 35.5. The number of nitrogens with one attached hydrogen (secondary N) is 1. The fraction of sp³-hybridized carbons (Fsp3) is 0.100. The van der Waals surface area contributed by atoms with Gasteiger partial charge in [0.25, 0.3) is 0 Å². The molecule has 138 valence electrons. The first kappa shape index (κ1) is 18.3. The third-order valence-corrected chi connectivity index (χ3v) is 6.37. The number of hydrogen-bond donors (Lipinski definition) is 1. The molecule has 0 atom stereocenters. The van der Waals surface area contributed by atoms with Gasteiger partial charge in [0.15, 0.2) is 0 Å². The Morgan fingerprint density at radius 3 is 2.37 bits per heavy atom. The van der Waals surface area contributed by atoms with Gasteiger partial charge in [0.2, 0.25) is 10.0 Å². The Bertz CT molecular complexity index is 1110. The van der Waals surface area contributed by atoms with E-state index in [0.717, 1.165) is 22.3 Å². The molecule has 1 aliphatic heterocycles. The van der Waals surface area contributed by atoms with Crippen LogP contribution >= 0.6 is 23.2 Å². The van der Waals surface area contributed by atoms with Gasteiger partial charge in [-0.05, 0) is 46.5 Å². The lowest BCUT2D eigenvalue weighted by atomic mass is 9.96. The highest BCUT2D eigenvalue weighted by Gasteiger charge is 2.23. The first-order chi connectivity index (χ1) is 12.9. The molecule has 1 heterocycles. The molecule has 3 aromatic carbocycles. The summed E-state index contributed by atoms with van der Waals surface area (Å²) in [6.45, 7) is 0.323. The number of sulfonamides is 1. The molecule has 1 N–H and O–H groups in total. The van der Waals surface area contributed by atoms with Crippen LogP contribution < -0.4 is 9.46 Å². The van der Waals surface area contributed by atoms with Crippen LogP contribution in [-0.4, -0.2) is 8.42 Å². The molecule has 0 bridgehead atoms. The largest absolute Gasteiger partial charge is 0.457 e. The van der Waals surface area contributed by atoms with Crippen LogP contribution in [0.1, 0.15) is 11.1 Å². The molecule has 0 amide bonds. The van der Waals surface area contributed by atoms with Crippen molar-refractivity contribution in [3.8, 4) is 22.6 Å². The van der Waals surface area contributed by atoms with Gasteiger partial charge in [-0.25, -0.2) is 13.1 Å². The number of benzene rings is 3. The van der Waals surface area contributed by atoms with Crippen molar-refractivity contribution in [3.05, 3.63) is 81.8 Å². The van der Waals surface area contributed by atoms with Crippen LogP contribution in [0.15, 0.2) is 60.7 Å². The Hall–Kier alpha value is -2.05. The number of ether oxygens (including phenoxy) is 1. The fourth-order valence-electron chi connectivity index (χ4n) is 3.05. The average Bonchev–Trinajstić information content (AvgIpc) is 2.64. The van der Waals surface area contributed by atoms with Gasteiger partial charge in [-0.15, -0.1) is 0 Å². The second-order valence-corrected chi connectivity index (χ2v) is 8.85. The van der Waals surface area contributed by atoms with Crippen molar-refractivity contribution >= 4 is 33.2 Å². The van der Waals surface area contributed by atoms with E-state index in [1.165, 1.54) is 0 Å². The maximum Gasteiger partial charge on any atom is 0.216 e. The van der Waals surface area contributed by atoms with Crippen molar-refractivity contribution in [3.63, 3.8) is 0 Å². The molecule has 7 heteroatoms. The third-order valence-electron chi connectivity index (χ3n) is 4.38. The normalized spacial score (nSPS) is 15.2. The van der Waals surface area contributed by atoms with Crippen LogP contribution in [0.3, 0.4) is 0 Å². The highest BCUT2D eigenvalue weighted by Crippen LogP contribution is 2.33. The zero-order valence-electron chi connectivity index (χ0n) is 14.1. The van der Waals surface area contributed by atoms with Crippen molar-refractivity contribution in [1.82, 2.24) is 4.72 Å². The van der Waals surface area contributed by atoms with Gasteiger partial charge in [0.05, 0.1) is 15.8 Å². The molecule has 0 aliphatic carbocycles. The summed E-state index contributed by atoms with van der Waals surface area (Å²) >= 11 is 11.9. The van der Waals surface area contributed by atoms with Crippen LogP contribution in [0, 0.1) is 0 Å². The summed E-state index contributed by atoms with van der Waals surface area (Å²) in [5.74, 6) is 1.22. The van der Waals surface area contributed by atoms with Gasteiger partial charge in [-0.3, -0.25) is 0 Å². The summed E-state index contributed by atoms with van der Waals surface area (Å²) in [6.07, 6.45) is 0. The summed E-state index contributed by atoms with van der Waals surface area (Å²) in [5, 5.41) is 0.897. The number of hydrogen-bond acceptors (Lipinski definition) is 3. The molecule has 27 heavy (non-hydrogen) atoms. The zero-order chi connectivity index (χ0) is 19.0. The second-order valence-electron chi connectivity index (χ2n) is 6.23. The van der Waals surface area contributed by atoms with Crippen LogP contribution in [0.2, 0.25) is 10.0 Å². The second kappa shape index (κ2) is 7.17. The van der Waals surface area contributed by atoms with Gasteiger partial charge in [0.1, 0.15) is 11.5 Å². The topological polar surface area (TPSA) is 55.4 Å². The number of fused-ring (bicyclic) bond motifs is 1. The first-order valence-corrected chi connectivity index (χ1v) is 10.6. The van der Waals surface area contributed by atoms with Crippen LogP contribution in [-0.2, 0) is 22.3 Å². The Morgan fingerprint density at radius 1 is 0.889 bits per heavy atom. The van der Waals surface area contributed by atoms with Crippen molar-refractivity contribution in [2.75, 3.05) is 0 Å². The van der Waals surface area contributed by atoms with E-state index in [1.807, 2.05) is 42.5 Å². The predicted octanol–water partition coefficient (Wildman–Crippen LogP) is 5.39. The summed E-state index contributed by atoms with van der Waals surface area (Å²) in [5.41, 5.74) is 3.69. The van der Waals surface area contributed by atoms with E-state index >= 15 is 0 Å². The molecular weight excluding hydrogens is 405 g/mol. The monoisotopic (exact) mass is 419 g/mol. The van der Waals surface area contributed by atoms with Gasteiger partial charge in [-0.2, -0.15) is 0 Å². The molecule has 0 spiro atoms. The Kier molecular flexibility index (Phi) is 4.86. The Morgan fingerprint density at radius 2 is 1.63 bits per heavy atom. The molecule has 0 fully saturated rings. The Balaban J connectivity index is 1.62. The van der Waals surface area contributed by atoms with E-state index in [-0.39, 0.29) is 5.75 Å². The smallest absolute Gasteiger partial charge is 0.216 e. The summed E-state index contributed by atoms with van der Waals surface area (Å²) in [7, 11) is -3.28. The molecule has 3 aromatic rings. The molecule has 4 rings (SSSR count). The lowest BCUT2D eigenvalue weighted by molar-refractivity contribution is 0.483. The van der Waals surface area contributed by atoms with E-state index in [9.17, 15) is 8.42 Å². The minimum atomic E-state index is -3.28. The van der Waals surface area contributed by atoms with Crippen molar-refractivity contribution in [1.29, 1.82) is 0 Å². The van der Waals surface area contributed by atoms with E-state index in [4.69, 9.17) is 27.9 Å². The third kappa shape index (κ3) is 3.96. The first-order valence-electron chi connectivity index (χ1n) is 8.23. The van der Waals surface area contributed by atoms with Crippen molar-refractivity contribution in [2.45, 2.75) is 12.3 Å². The summed E-state index contributed by atoms with van der Waals surface area (Å²) in [4.78, 5) is 0. The predicted molar refractivity (Wildman–Crippen MR) is 108 cm³/mol. The average molecular weight is 420 g/mol. The maximum absolute atomic E-state index is 12.0. The lowest BCUT2D eigenvalue weighted by Gasteiger charge is -2.20. The van der Waals surface area contributed by atoms with Gasteiger partial charge < -0.3 is 4.74 Å². The SMILES string of the molecule is O=S1(=O)Cc2c(cccc2-c2ccc(Oc3ccc(Cl)c(Cl)c3)cc2)CN1. The van der Waals surface area contributed by atoms with Crippen LogP contribution in [0.5, 0.6) is 11.5 Å². The minimum Gasteiger partial charge on any atom is -0.457 e. The molecule has 0 saturated heterocycles. The molecule has 0 aromatic heterocycles.